The molecule has 4 aromatic rings. The smallest absolute Gasteiger partial charge is 0.335 e. The first kappa shape index (κ1) is 24.5. The van der Waals surface area contributed by atoms with Crippen molar-refractivity contribution >= 4 is 39.9 Å². The monoisotopic (exact) mass is 482 g/mol. The summed E-state index contributed by atoms with van der Waals surface area (Å²) in [7, 11) is 0. The van der Waals surface area contributed by atoms with Gasteiger partial charge in [0.05, 0.1) is 23.4 Å². The first-order valence-electron chi connectivity index (χ1n) is 11.6. The predicted octanol–water partition coefficient (Wildman–Crippen LogP) is 5.98. The molecule has 2 amide bonds. The molecule has 0 aliphatic heterocycles. The minimum Gasteiger partial charge on any atom is -0.494 e. The molecule has 0 bridgehead atoms. The number of aromatic carboxylic acids is 1. The number of carboxylic acids is 1. The molecule has 0 radical (unpaired) electrons. The second-order valence-electron chi connectivity index (χ2n) is 8.25. The molecule has 0 atom stereocenters. The van der Waals surface area contributed by atoms with Gasteiger partial charge in [0.2, 0.25) is 5.91 Å². The highest BCUT2D eigenvalue weighted by Crippen LogP contribution is 2.21. The Hall–Kier alpha value is -4.65. The van der Waals surface area contributed by atoms with Gasteiger partial charge < -0.3 is 20.5 Å². The zero-order valence-electron chi connectivity index (χ0n) is 19.6. The van der Waals surface area contributed by atoms with E-state index in [1.165, 1.54) is 12.1 Å². The summed E-state index contributed by atoms with van der Waals surface area (Å²) in [5.74, 6) is -0.931. The fourth-order valence-corrected chi connectivity index (χ4v) is 3.77. The van der Waals surface area contributed by atoms with Gasteiger partial charge in [-0.25, -0.2) is 4.79 Å². The molecular weight excluding hydrogens is 456 g/mol. The van der Waals surface area contributed by atoms with Crippen LogP contribution in [-0.2, 0) is 4.79 Å². The molecule has 0 heterocycles. The van der Waals surface area contributed by atoms with Crippen LogP contribution >= 0.6 is 0 Å². The molecule has 0 spiro atoms. The lowest BCUT2D eigenvalue weighted by atomic mass is 10.1. The molecule has 36 heavy (non-hydrogen) atoms. The van der Waals surface area contributed by atoms with Crippen molar-refractivity contribution in [2.24, 2.45) is 0 Å². The number of benzene rings is 4. The van der Waals surface area contributed by atoms with Crippen LogP contribution in [0, 0.1) is 0 Å². The number of carboxylic acid groups (broad SMARTS) is 1. The Bertz CT molecular complexity index is 1400. The lowest BCUT2D eigenvalue weighted by Gasteiger charge is -2.12. The molecule has 182 valence electrons. The number of carbonyl (C=O) groups excluding carboxylic acids is 2. The molecule has 3 N–H and O–H groups in total. The number of anilines is 2. The molecule has 4 aromatic carbocycles. The van der Waals surface area contributed by atoms with E-state index in [9.17, 15) is 14.4 Å². The highest BCUT2D eigenvalue weighted by Gasteiger charge is 2.14. The van der Waals surface area contributed by atoms with Crippen molar-refractivity contribution in [3.8, 4) is 5.75 Å². The van der Waals surface area contributed by atoms with Gasteiger partial charge in [-0.1, -0.05) is 48.5 Å². The minimum absolute atomic E-state index is 0.0685. The van der Waals surface area contributed by atoms with Crippen LogP contribution in [0.4, 0.5) is 11.4 Å². The van der Waals surface area contributed by atoms with Crippen molar-refractivity contribution in [2.45, 2.75) is 19.3 Å². The number of ether oxygens (including phenoxy) is 1. The van der Waals surface area contributed by atoms with Gasteiger partial charge in [-0.2, -0.15) is 0 Å². The van der Waals surface area contributed by atoms with E-state index in [4.69, 9.17) is 9.84 Å². The standard InChI is InChI=1S/C29H26N2O5/c32-27(14-5-6-17-36-24-16-15-20-8-1-2-9-21(20)19-24)31-26-13-4-3-12-25(26)28(33)30-23-11-7-10-22(18-23)29(34)35/h1-4,7-13,15-16,18-19H,5-6,14,17H2,(H,30,33)(H,31,32)(H,34,35). The average Bonchev–Trinajstić information content (AvgIpc) is 2.89. The molecule has 7 heteroatoms. The molecule has 0 saturated carbocycles. The summed E-state index contributed by atoms with van der Waals surface area (Å²) in [4.78, 5) is 36.4. The van der Waals surface area contributed by atoms with E-state index < -0.39 is 11.9 Å². The Kier molecular flexibility index (Phi) is 7.93. The topological polar surface area (TPSA) is 105 Å². The zero-order valence-corrected chi connectivity index (χ0v) is 19.6. The summed E-state index contributed by atoms with van der Waals surface area (Å²) in [6.45, 7) is 0.500. The van der Waals surface area contributed by atoms with Gasteiger partial charge >= 0.3 is 5.97 Å². The van der Waals surface area contributed by atoms with Crippen molar-refractivity contribution in [3.05, 3.63) is 102 Å². The molecule has 0 aromatic heterocycles. The fourth-order valence-electron chi connectivity index (χ4n) is 3.77. The Labute approximate surface area is 208 Å². The summed E-state index contributed by atoms with van der Waals surface area (Å²) < 4.78 is 5.82. The molecule has 0 fully saturated rings. The van der Waals surface area contributed by atoms with Gasteiger partial charge in [0.1, 0.15) is 5.75 Å². The number of hydrogen-bond acceptors (Lipinski definition) is 4. The number of rotatable bonds is 10. The zero-order chi connectivity index (χ0) is 25.3. The van der Waals surface area contributed by atoms with Crippen molar-refractivity contribution in [3.63, 3.8) is 0 Å². The molecule has 0 saturated heterocycles. The summed E-state index contributed by atoms with van der Waals surface area (Å²) in [5.41, 5.74) is 1.10. The van der Waals surface area contributed by atoms with E-state index in [0.717, 1.165) is 16.5 Å². The van der Waals surface area contributed by atoms with E-state index in [1.807, 2.05) is 36.4 Å². The van der Waals surface area contributed by atoms with Crippen LogP contribution in [0.1, 0.15) is 40.0 Å². The summed E-state index contributed by atoms with van der Waals surface area (Å²) in [6, 6.07) is 26.7. The fraction of sp³-hybridized carbons (Fsp3) is 0.138. The number of amides is 2. The van der Waals surface area contributed by atoms with Gasteiger partial charge in [0, 0.05) is 12.1 Å². The third kappa shape index (κ3) is 6.48. The number of unbranched alkanes of at least 4 members (excludes halogenated alkanes) is 1. The highest BCUT2D eigenvalue weighted by molar-refractivity contribution is 6.10. The Balaban J connectivity index is 1.26. The van der Waals surface area contributed by atoms with Crippen molar-refractivity contribution in [1.29, 1.82) is 0 Å². The lowest BCUT2D eigenvalue weighted by Crippen LogP contribution is -2.18. The van der Waals surface area contributed by atoms with Crippen LogP contribution in [0.25, 0.3) is 10.8 Å². The number of carbonyl (C=O) groups is 3. The van der Waals surface area contributed by atoms with Crippen LogP contribution in [0.5, 0.6) is 5.75 Å². The molecule has 0 aliphatic carbocycles. The van der Waals surface area contributed by atoms with Crippen LogP contribution in [0.15, 0.2) is 91.0 Å². The van der Waals surface area contributed by atoms with E-state index in [2.05, 4.69) is 16.7 Å². The third-order valence-corrected chi connectivity index (χ3v) is 5.60. The maximum atomic E-state index is 12.8. The SMILES string of the molecule is O=C(CCCCOc1ccc2ccccc2c1)Nc1ccccc1C(=O)Nc1cccc(C(=O)O)c1. The Morgan fingerprint density at radius 2 is 1.53 bits per heavy atom. The van der Waals surface area contributed by atoms with Gasteiger partial charge in [0.25, 0.3) is 5.91 Å². The minimum atomic E-state index is -1.08. The van der Waals surface area contributed by atoms with Crippen LogP contribution in [0.3, 0.4) is 0 Å². The summed E-state index contributed by atoms with van der Waals surface area (Å²) >= 11 is 0. The second kappa shape index (κ2) is 11.7. The quantitative estimate of drug-likeness (QED) is 0.241. The average molecular weight is 483 g/mol. The molecule has 4 rings (SSSR count). The Morgan fingerprint density at radius 1 is 0.750 bits per heavy atom. The van der Waals surface area contributed by atoms with E-state index in [1.54, 1.807) is 36.4 Å². The number of para-hydroxylation sites is 1. The van der Waals surface area contributed by atoms with Gasteiger partial charge in [-0.15, -0.1) is 0 Å². The number of nitrogens with one attached hydrogen (secondary N) is 2. The molecule has 0 aliphatic rings. The van der Waals surface area contributed by atoms with Crippen molar-refractivity contribution < 1.29 is 24.2 Å². The van der Waals surface area contributed by atoms with E-state index in [-0.39, 0.29) is 23.5 Å². The Morgan fingerprint density at radius 3 is 2.36 bits per heavy atom. The molecule has 0 unspecified atom stereocenters. The second-order valence-corrected chi connectivity index (χ2v) is 8.25. The summed E-state index contributed by atoms with van der Waals surface area (Å²) in [5, 5.41) is 16.9. The van der Waals surface area contributed by atoms with Crippen molar-refractivity contribution in [2.75, 3.05) is 17.2 Å². The van der Waals surface area contributed by atoms with Gasteiger partial charge in [0.15, 0.2) is 0 Å². The molecule has 7 nitrogen and oxygen atoms in total. The van der Waals surface area contributed by atoms with E-state index >= 15 is 0 Å². The maximum Gasteiger partial charge on any atom is 0.335 e. The largest absolute Gasteiger partial charge is 0.494 e. The molecular formula is C29H26N2O5. The van der Waals surface area contributed by atoms with Crippen LogP contribution in [-0.4, -0.2) is 29.5 Å². The third-order valence-electron chi connectivity index (χ3n) is 5.60. The predicted molar refractivity (Wildman–Crippen MR) is 140 cm³/mol. The van der Waals surface area contributed by atoms with Crippen LogP contribution in [0.2, 0.25) is 0 Å². The summed E-state index contributed by atoms with van der Waals surface area (Å²) in [6.07, 6.45) is 1.63. The number of fused-ring (bicyclic) bond motifs is 1. The van der Waals surface area contributed by atoms with Gasteiger partial charge in [-0.05, 0) is 66.1 Å². The van der Waals surface area contributed by atoms with Crippen LogP contribution < -0.4 is 15.4 Å². The highest BCUT2D eigenvalue weighted by atomic mass is 16.5. The first-order valence-corrected chi connectivity index (χ1v) is 11.6. The normalized spacial score (nSPS) is 10.6. The van der Waals surface area contributed by atoms with E-state index in [0.29, 0.717) is 30.8 Å². The first-order chi connectivity index (χ1) is 17.5. The maximum absolute atomic E-state index is 12.8. The van der Waals surface area contributed by atoms with Crippen molar-refractivity contribution in [1.82, 2.24) is 0 Å². The lowest BCUT2D eigenvalue weighted by molar-refractivity contribution is -0.116. The number of hydrogen-bond donors (Lipinski definition) is 3. The van der Waals surface area contributed by atoms with Gasteiger partial charge in [-0.3, -0.25) is 9.59 Å².